The van der Waals surface area contributed by atoms with E-state index >= 15 is 0 Å². The van der Waals surface area contributed by atoms with Gasteiger partial charge in [0.05, 0.1) is 33.0 Å². The Morgan fingerprint density at radius 1 is 1.06 bits per heavy atom. The van der Waals surface area contributed by atoms with Crippen LogP contribution in [0.2, 0.25) is 0 Å². The summed E-state index contributed by atoms with van der Waals surface area (Å²) in [4.78, 5) is 39.8. The van der Waals surface area contributed by atoms with Crippen LogP contribution in [0.3, 0.4) is 0 Å². The quantitative estimate of drug-likeness (QED) is 0.340. The third-order valence-corrected chi connectivity index (χ3v) is 5.99. The van der Waals surface area contributed by atoms with Crippen LogP contribution < -0.4 is 0 Å². The van der Waals surface area contributed by atoms with E-state index in [1.165, 1.54) is 14.2 Å². The van der Waals surface area contributed by atoms with Crippen molar-refractivity contribution in [2.75, 3.05) is 40.5 Å². The van der Waals surface area contributed by atoms with Crippen molar-refractivity contribution in [3.8, 4) is 0 Å². The van der Waals surface area contributed by atoms with Crippen molar-refractivity contribution in [3.63, 3.8) is 0 Å². The SMILES string of the molecule is COC1=C(OC)C(=O)C(C2(c3ccccc3)COCCN2CCCCC=O)=C(C)C1=O. The third kappa shape index (κ3) is 4.07. The van der Waals surface area contributed by atoms with E-state index in [0.717, 1.165) is 24.7 Å². The minimum Gasteiger partial charge on any atom is -0.489 e. The smallest absolute Gasteiger partial charge is 0.230 e. The molecule has 0 amide bonds. The number of allylic oxidation sites excluding steroid dienone is 2. The number of carbonyl (C=O) groups excluding carboxylic acids is 3. The van der Waals surface area contributed by atoms with Crippen LogP contribution in [-0.4, -0.2) is 63.3 Å². The third-order valence-electron chi connectivity index (χ3n) is 5.99. The average molecular weight is 427 g/mol. The number of morpholine rings is 1. The van der Waals surface area contributed by atoms with Crippen molar-refractivity contribution < 1.29 is 28.6 Å². The van der Waals surface area contributed by atoms with Crippen LogP contribution in [-0.2, 0) is 34.1 Å². The molecule has 1 atom stereocenters. The molecule has 0 N–H and O–H groups in total. The Morgan fingerprint density at radius 3 is 2.39 bits per heavy atom. The van der Waals surface area contributed by atoms with Gasteiger partial charge in [-0.1, -0.05) is 30.3 Å². The van der Waals surface area contributed by atoms with Crippen LogP contribution in [0.1, 0.15) is 31.7 Å². The molecule has 1 saturated heterocycles. The standard InChI is InChI=1S/C24H29NO6/c1-17-19(21(28)23(30-3)22(29-2)20(17)27)24(18-10-6-4-7-11-18)16-31-15-13-25(24)12-8-5-9-14-26/h4,6-7,10-11,14H,5,8-9,12-13,15-16H2,1-3H3. The second kappa shape index (κ2) is 10.0. The molecule has 1 aliphatic heterocycles. The molecule has 2 aliphatic rings. The second-order valence-corrected chi connectivity index (χ2v) is 7.65. The van der Waals surface area contributed by atoms with Crippen molar-refractivity contribution >= 4 is 17.9 Å². The molecule has 0 aromatic heterocycles. The van der Waals surface area contributed by atoms with Gasteiger partial charge in [0.15, 0.2) is 0 Å². The van der Waals surface area contributed by atoms with Crippen molar-refractivity contribution in [2.24, 2.45) is 0 Å². The summed E-state index contributed by atoms with van der Waals surface area (Å²) in [5.74, 6) is -0.902. The zero-order chi connectivity index (χ0) is 22.4. The number of methoxy groups -OCH3 is 2. The van der Waals surface area contributed by atoms with Crippen molar-refractivity contribution in [3.05, 3.63) is 58.6 Å². The molecule has 1 heterocycles. The molecule has 1 aromatic carbocycles. The van der Waals surface area contributed by atoms with Crippen LogP contribution in [0.4, 0.5) is 0 Å². The minimum atomic E-state index is -0.944. The molecule has 1 aliphatic carbocycles. The number of aldehydes is 1. The summed E-state index contributed by atoms with van der Waals surface area (Å²) >= 11 is 0. The highest BCUT2D eigenvalue weighted by Gasteiger charge is 2.51. The summed E-state index contributed by atoms with van der Waals surface area (Å²) in [6.07, 6.45) is 2.96. The first kappa shape index (κ1) is 22.9. The van der Waals surface area contributed by atoms with Gasteiger partial charge >= 0.3 is 0 Å². The topological polar surface area (TPSA) is 82.1 Å². The number of nitrogens with zero attached hydrogens (tertiary/aromatic N) is 1. The summed E-state index contributed by atoms with van der Waals surface area (Å²) in [6.45, 7) is 3.67. The number of hydrogen-bond acceptors (Lipinski definition) is 7. The monoisotopic (exact) mass is 427 g/mol. The molecule has 0 radical (unpaired) electrons. The highest BCUT2D eigenvalue weighted by atomic mass is 16.5. The number of carbonyl (C=O) groups is 3. The van der Waals surface area contributed by atoms with Crippen LogP contribution >= 0.6 is 0 Å². The van der Waals surface area contributed by atoms with Crippen molar-refractivity contribution in [1.29, 1.82) is 0 Å². The van der Waals surface area contributed by atoms with E-state index in [-0.39, 0.29) is 29.7 Å². The molecule has 0 bridgehead atoms. The number of hydrogen-bond donors (Lipinski definition) is 0. The molecule has 31 heavy (non-hydrogen) atoms. The molecule has 1 unspecified atom stereocenters. The molecule has 1 fully saturated rings. The van der Waals surface area contributed by atoms with Crippen LogP contribution in [0.5, 0.6) is 0 Å². The van der Waals surface area contributed by atoms with Crippen LogP contribution in [0.15, 0.2) is 53.0 Å². The van der Waals surface area contributed by atoms with Gasteiger partial charge < -0.3 is 19.0 Å². The lowest BCUT2D eigenvalue weighted by Crippen LogP contribution is -2.58. The van der Waals surface area contributed by atoms with Gasteiger partial charge in [0.25, 0.3) is 0 Å². The fourth-order valence-corrected chi connectivity index (χ4v) is 4.51. The van der Waals surface area contributed by atoms with E-state index in [9.17, 15) is 14.4 Å². The summed E-state index contributed by atoms with van der Waals surface area (Å²) in [5, 5.41) is 0. The predicted octanol–water partition coefficient (Wildman–Crippen LogP) is 2.56. The van der Waals surface area contributed by atoms with E-state index in [4.69, 9.17) is 14.2 Å². The lowest BCUT2D eigenvalue weighted by atomic mass is 9.73. The first-order valence-corrected chi connectivity index (χ1v) is 10.5. The lowest BCUT2D eigenvalue weighted by molar-refractivity contribution is -0.124. The summed E-state index contributed by atoms with van der Waals surface area (Å²) in [5.41, 5.74) is 0.615. The largest absolute Gasteiger partial charge is 0.489 e. The Hall–Kier alpha value is -2.77. The van der Waals surface area contributed by atoms with Crippen molar-refractivity contribution in [2.45, 2.75) is 31.7 Å². The van der Waals surface area contributed by atoms with Crippen molar-refractivity contribution in [1.82, 2.24) is 4.90 Å². The van der Waals surface area contributed by atoms with E-state index in [1.807, 2.05) is 30.3 Å². The van der Waals surface area contributed by atoms with Gasteiger partial charge in [-0.2, -0.15) is 0 Å². The second-order valence-electron chi connectivity index (χ2n) is 7.65. The van der Waals surface area contributed by atoms with Crippen LogP contribution in [0.25, 0.3) is 0 Å². The maximum Gasteiger partial charge on any atom is 0.230 e. The van der Waals surface area contributed by atoms with Gasteiger partial charge in [-0.05, 0) is 31.9 Å². The summed E-state index contributed by atoms with van der Waals surface area (Å²) in [6, 6.07) is 9.64. The van der Waals surface area contributed by atoms with E-state index in [1.54, 1.807) is 6.92 Å². The molecular formula is C24H29NO6. The number of Topliss-reactive ketones (excluding diaryl/α,β-unsaturated/α-hetero) is 2. The Labute approximate surface area is 182 Å². The molecule has 0 saturated carbocycles. The van der Waals surface area contributed by atoms with Gasteiger partial charge in [-0.3, -0.25) is 14.5 Å². The Morgan fingerprint density at radius 2 is 1.74 bits per heavy atom. The fraction of sp³-hybridized carbons (Fsp3) is 0.458. The molecule has 3 rings (SSSR count). The number of unbranched alkanes of at least 4 members (excludes halogenated alkanes) is 2. The average Bonchev–Trinajstić information content (AvgIpc) is 2.80. The maximum atomic E-state index is 13.7. The van der Waals surface area contributed by atoms with Crippen LogP contribution in [0, 0.1) is 0 Å². The highest BCUT2D eigenvalue weighted by Crippen LogP contribution is 2.44. The Kier molecular flexibility index (Phi) is 7.41. The predicted molar refractivity (Wildman–Crippen MR) is 114 cm³/mol. The fourth-order valence-electron chi connectivity index (χ4n) is 4.51. The Bertz CT molecular complexity index is 904. The minimum absolute atomic E-state index is 0.0776. The number of ether oxygens (including phenoxy) is 3. The first-order chi connectivity index (χ1) is 15.0. The van der Waals surface area contributed by atoms with Gasteiger partial charge in [0.1, 0.15) is 6.29 Å². The molecule has 7 heteroatoms. The Balaban J connectivity index is 2.17. The molecule has 1 aromatic rings. The van der Waals surface area contributed by atoms with Gasteiger partial charge in [-0.15, -0.1) is 0 Å². The van der Waals surface area contributed by atoms with E-state index in [2.05, 4.69) is 4.90 Å². The number of benzene rings is 1. The van der Waals surface area contributed by atoms with E-state index < -0.39 is 5.54 Å². The van der Waals surface area contributed by atoms with Gasteiger partial charge in [0.2, 0.25) is 23.1 Å². The lowest BCUT2D eigenvalue weighted by Gasteiger charge is -2.49. The summed E-state index contributed by atoms with van der Waals surface area (Å²) in [7, 11) is 2.72. The number of rotatable bonds is 9. The summed E-state index contributed by atoms with van der Waals surface area (Å²) < 4.78 is 16.5. The maximum absolute atomic E-state index is 13.7. The zero-order valence-corrected chi connectivity index (χ0v) is 18.3. The normalized spacial score (nSPS) is 22.7. The molecule has 0 spiro atoms. The molecule has 166 valence electrons. The van der Waals surface area contributed by atoms with Gasteiger partial charge in [0, 0.05) is 24.1 Å². The number of ketones is 2. The van der Waals surface area contributed by atoms with Gasteiger partial charge in [-0.25, -0.2) is 0 Å². The first-order valence-electron chi connectivity index (χ1n) is 10.5. The van der Waals surface area contributed by atoms with E-state index in [0.29, 0.717) is 37.3 Å². The molecular weight excluding hydrogens is 398 g/mol. The highest BCUT2D eigenvalue weighted by molar-refractivity contribution is 6.24. The molecule has 7 nitrogen and oxygen atoms in total. The zero-order valence-electron chi connectivity index (χ0n) is 18.3.